The first-order valence-corrected chi connectivity index (χ1v) is 7.81. The van der Waals surface area contributed by atoms with Crippen LogP contribution in [0.1, 0.15) is 24.9 Å². The largest absolute Gasteiger partial charge is 0.491 e. The smallest absolute Gasteiger partial charge is 0.119 e. The maximum absolute atomic E-state index is 10.2. The zero-order valence-corrected chi connectivity index (χ0v) is 13.4. The Bertz CT molecular complexity index is 538. The number of para-hydroxylation sites is 1. The second-order valence-corrected chi connectivity index (χ2v) is 5.53. The summed E-state index contributed by atoms with van der Waals surface area (Å²) in [5.41, 5.74) is 0. The van der Waals surface area contributed by atoms with E-state index in [-0.39, 0.29) is 0 Å². The first-order valence-electron chi connectivity index (χ1n) is 7.81. The summed E-state index contributed by atoms with van der Waals surface area (Å²) in [4.78, 5) is 2.19. The average Bonchev–Trinajstić information content (AvgIpc) is 2.91. The Labute approximate surface area is 132 Å². The van der Waals surface area contributed by atoms with Gasteiger partial charge in [0.05, 0.1) is 6.54 Å². The van der Waals surface area contributed by atoms with E-state index in [0.717, 1.165) is 30.2 Å². The van der Waals surface area contributed by atoms with Gasteiger partial charge in [0.15, 0.2) is 0 Å². The molecule has 22 heavy (non-hydrogen) atoms. The van der Waals surface area contributed by atoms with Crippen LogP contribution >= 0.6 is 0 Å². The maximum Gasteiger partial charge on any atom is 0.119 e. The summed E-state index contributed by atoms with van der Waals surface area (Å²) in [5.74, 6) is 2.63. The Morgan fingerprint density at radius 2 is 1.95 bits per heavy atom. The van der Waals surface area contributed by atoms with E-state index >= 15 is 0 Å². The summed E-state index contributed by atoms with van der Waals surface area (Å²) in [7, 11) is 0. The first kappa shape index (κ1) is 16.6. The molecule has 2 rings (SSSR count). The highest BCUT2D eigenvalue weighted by Crippen LogP contribution is 2.12. The van der Waals surface area contributed by atoms with E-state index in [0.29, 0.717) is 19.7 Å². The third kappa shape index (κ3) is 5.54. The zero-order chi connectivity index (χ0) is 15.8. The molecule has 0 amide bonds. The molecule has 0 aliphatic rings. The Morgan fingerprint density at radius 1 is 1.18 bits per heavy atom. The van der Waals surface area contributed by atoms with E-state index in [1.54, 1.807) is 0 Å². The number of aliphatic hydroxyl groups is 1. The molecule has 2 aromatic rings. The summed E-state index contributed by atoms with van der Waals surface area (Å²) in [6, 6.07) is 13.5. The first-order chi connectivity index (χ1) is 10.7. The van der Waals surface area contributed by atoms with Crippen molar-refractivity contribution in [2.75, 3.05) is 19.7 Å². The van der Waals surface area contributed by atoms with Gasteiger partial charge < -0.3 is 14.3 Å². The molecule has 1 N–H and O–H groups in total. The van der Waals surface area contributed by atoms with Crippen molar-refractivity contribution < 1.29 is 14.3 Å². The van der Waals surface area contributed by atoms with Crippen molar-refractivity contribution in [1.82, 2.24) is 4.90 Å². The molecule has 0 radical (unpaired) electrons. The molecule has 1 atom stereocenters. The van der Waals surface area contributed by atoms with E-state index in [4.69, 9.17) is 9.15 Å². The molecule has 4 heteroatoms. The Morgan fingerprint density at radius 3 is 2.59 bits per heavy atom. The lowest BCUT2D eigenvalue weighted by molar-refractivity contribution is 0.0632. The van der Waals surface area contributed by atoms with Crippen molar-refractivity contribution in [3.63, 3.8) is 0 Å². The van der Waals surface area contributed by atoms with Crippen LogP contribution in [0.2, 0.25) is 0 Å². The lowest BCUT2D eigenvalue weighted by Gasteiger charge is -2.23. The molecule has 4 nitrogen and oxygen atoms in total. The molecule has 1 aromatic heterocycles. The summed E-state index contributed by atoms with van der Waals surface area (Å²) < 4.78 is 11.2. The summed E-state index contributed by atoms with van der Waals surface area (Å²) in [5, 5.41) is 10.2. The van der Waals surface area contributed by atoms with Gasteiger partial charge in [-0.3, -0.25) is 4.90 Å². The number of aliphatic hydroxyl groups excluding tert-OH is 1. The molecule has 1 aromatic carbocycles. The number of benzene rings is 1. The van der Waals surface area contributed by atoms with Crippen LogP contribution in [0, 0.1) is 6.92 Å². The van der Waals surface area contributed by atoms with Crippen LogP contribution in [0.4, 0.5) is 0 Å². The van der Waals surface area contributed by atoms with Gasteiger partial charge in [-0.05, 0) is 44.2 Å². The molecule has 0 aliphatic heterocycles. The predicted octanol–water partition coefficient (Wildman–Crippen LogP) is 3.24. The second-order valence-electron chi connectivity index (χ2n) is 5.53. The molecule has 120 valence electrons. The number of ether oxygens (including phenoxy) is 1. The molecule has 1 unspecified atom stereocenters. The lowest BCUT2D eigenvalue weighted by atomic mass is 10.3. The minimum absolute atomic E-state index is 0.293. The van der Waals surface area contributed by atoms with E-state index in [9.17, 15) is 5.11 Å². The maximum atomic E-state index is 10.2. The molecular weight excluding hydrogens is 278 g/mol. The van der Waals surface area contributed by atoms with E-state index in [2.05, 4.69) is 11.8 Å². The Kier molecular flexibility index (Phi) is 6.49. The van der Waals surface area contributed by atoms with Crippen LogP contribution in [0.25, 0.3) is 0 Å². The highest BCUT2D eigenvalue weighted by atomic mass is 16.5. The van der Waals surface area contributed by atoms with E-state index in [1.165, 1.54) is 0 Å². The SMILES string of the molecule is CCCN(Cc1ccc(C)o1)CC(O)COc1ccccc1. The van der Waals surface area contributed by atoms with Crippen molar-refractivity contribution >= 4 is 0 Å². The molecule has 0 fully saturated rings. The third-order valence-electron chi connectivity index (χ3n) is 3.37. The standard InChI is InChI=1S/C18H25NO3/c1-3-11-19(13-18-10-9-15(2)22-18)12-16(20)14-21-17-7-5-4-6-8-17/h4-10,16,20H,3,11-14H2,1-2H3. The van der Waals surface area contributed by atoms with Gasteiger partial charge in [-0.15, -0.1) is 0 Å². The number of rotatable bonds is 9. The van der Waals surface area contributed by atoms with Gasteiger partial charge in [0, 0.05) is 6.54 Å². The zero-order valence-electron chi connectivity index (χ0n) is 13.4. The number of nitrogens with zero attached hydrogens (tertiary/aromatic N) is 1. The molecule has 0 saturated heterocycles. The van der Waals surface area contributed by atoms with Crippen LogP contribution in [0.5, 0.6) is 5.75 Å². The monoisotopic (exact) mass is 303 g/mol. The van der Waals surface area contributed by atoms with Crippen LogP contribution < -0.4 is 4.74 Å². The number of furan rings is 1. The minimum atomic E-state index is -0.525. The van der Waals surface area contributed by atoms with E-state index in [1.807, 2.05) is 49.4 Å². The van der Waals surface area contributed by atoms with Gasteiger partial charge in [-0.25, -0.2) is 0 Å². The van der Waals surface area contributed by atoms with Crippen molar-refractivity contribution in [2.24, 2.45) is 0 Å². The number of aryl methyl sites for hydroxylation is 1. The molecule has 0 saturated carbocycles. The number of hydrogen-bond donors (Lipinski definition) is 1. The second kappa shape index (κ2) is 8.61. The van der Waals surface area contributed by atoms with Crippen LogP contribution in [0.15, 0.2) is 46.9 Å². The molecule has 1 heterocycles. The van der Waals surface area contributed by atoms with Gasteiger partial charge in [-0.1, -0.05) is 25.1 Å². The summed E-state index contributed by atoms with van der Waals surface area (Å²) >= 11 is 0. The van der Waals surface area contributed by atoms with Gasteiger partial charge in [0.2, 0.25) is 0 Å². The summed E-state index contributed by atoms with van der Waals surface area (Å²) in [6.45, 7) is 6.57. The molecule has 0 bridgehead atoms. The van der Waals surface area contributed by atoms with Gasteiger partial charge in [0.1, 0.15) is 30.0 Å². The molecule has 0 aliphatic carbocycles. The van der Waals surface area contributed by atoms with Gasteiger partial charge in [-0.2, -0.15) is 0 Å². The fourth-order valence-electron chi connectivity index (χ4n) is 2.40. The highest BCUT2D eigenvalue weighted by molar-refractivity contribution is 5.20. The number of hydrogen-bond acceptors (Lipinski definition) is 4. The molecular formula is C18H25NO3. The minimum Gasteiger partial charge on any atom is -0.491 e. The quantitative estimate of drug-likeness (QED) is 0.772. The summed E-state index contributed by atoms with van der Waals surface area (Å²) in [6.07, 6.45) is 0.509. The van der Waals surface area contributed by atoms with Crippen molar-refractivity contribution in [1.29, 1.82) is 0 Å². The topological polar surface area (TPSA) is 45.8 Å². The van der Waals surface area contributed by atoms with Crippen LogP contribution in [-0.4, -0.2) is 35.8 Å². The average molecular weight is 303 g/mol. The third-order valence-corrected chi connectivity index (χ3v) is 3.37. The van der Waals surface area contributed by atoms with Crippen LogP contribution in [0.3, 0.4) is 0 Å². The van der Waals surface area contributed by atoms with Crippen LogP contribution in [-0.2, 0) is 6.54 Å². The van der Waals surface area contributed by atoms with Crippen molar-refractivity contribution in [2.45, 2.75) is 32.9 Å². The highest BCUT2D eigenvalue weighted by Gasteiger charge is 2.14. The Balaban J connectivity index is 1.81. The Hall–Kier alpha value is -1.78. The molecule has 0 spiro atoms. The van der Waals surface area contributed by atoms with Gasteiger partial charge in [0.25, 0.3) is 0 Å². The van der Waals surface area contributed by atoms with Crippen molar-refractivity contribution in [3.05, 3.63) is 54.0 Å². The predicted molar refractivity (Wildman–Crippen MR) is 87.0 cm³/mol. The van der Waals surface area contributed by atoms with E-state index < -0.39 is 6.10 Å². The normalized spacial score (nSPS) is 12.5. The fraction of sp³-hybridized carbons (Fsp3) is 0.444. The van der Waals surface area contributed by atoms with Gasteiger partial charge >= 0.3 is 0 Å². The van der Waals surface area contributed by atoms with Crippen molar-refractivity contribution in [3.8, 4) is 5.75 Å². The fourth-order valence-corrected chi connectivity index (χ4v) is 2.40. The lowest BCUT2D eigenvalue weighted by Crippen LogP contribution is -2.35.